The van der Waals surface area contributed by atoms with E-state index < -0.39 is 0 Å². The Morgan fingerprint density at radius 2 is 2.00 bits per heavy atom. The summed E-state index contributed by atoms with van der Waals surface area (Å²) in [6, 6.07) is 0.741. The van der Waals surface area contributed by atoms with Crippen molar-refractivity contribution in [2.75, 3.05) is 39.3 Å². The van der Waals surface area contributed by atoms with E-state index >= 15 is 0 Å². The van der Waals surface area contributed by atoms with Gasteiger partial charge >= 0.3 is 0 Å². The van der Waals surface area contributed by atoms with Crippen LogP contribution < -0.4 is 5.32 Å². The van der Waals surface area contributed by atoms with E-state index in [2.05, 4.69) is 35.9 Å². The van der Waals surface area contributed by atoms with Gasteiger partial charge in [-0.2, -0.15) is 0 Å². The molecule has 2 fully saturated rings. The number of piperazine rings is 1. The fourth-order valence-electron chi connectivity index (χ4n) is 3.17. The minimum Gasteiger partial charge on any atom is -0.390 e. The van der Waals surface area contributed by atoms with Crippen molar-refractivity contribution in [2.45, 2.75) is 57.7 Å². The van der Waals surface area contributed by atoms with E-state index in [1.165, 1.54) is 32.4 Å². The van der Waals surface area contributed by atoms with Crippen LogP contribution in [0.25, 0.3) is 0 Å². The maximum absolute atomic E-state index is 10.1. The first-order chi connectivity index (χ1) is 8.94. The highest BCUT2D eigenvalue weighted by Gasteiger charge is 2.29. The van der Waals surface area contributed by atoms with Crippen LogP contribution in [0.5, 0.6) is 0 Å². The number of nitrogens with zero attached hydrogens (tertiary/aromatic N) is 2. The fourth-order valence-corrected chi connectivity index (χ4v) is 3.17. The van der Waals surface area contributed by atoms with E-state index in [4.69, 9.17) is 0 Å². The molecule has 112 valence electrons. The summed E-state index contributed by atoms with van der Waals surface area (Å²) in [7, 11) is 0. The molecule has 0 bridgehead atoms. The maximum Gasteiger partial charge on any atom is 0.0791 e. The Labute approximate surface area is 118 Å². The van der Waals surface area contributed by atoms with Crippen LogP contribution in [0.2, 0.25) is 0 Å². The van der Waals surface area contributed by atoms with Gasteiger partial charge in [0.05, 0.1) is 6.10 Å². The van der Waals surface area contributed by atoms with Gasteiger partial charge in [0.25, 0.3) is 0 Å². The van der Waals surface area contributed by atoms with E-state index in [9.17, 15) is 5.11 Å². The van der Waals surface area contributed by atoms with Crippen molar-refractivity contribution in [3.05, 3.63) is 0 Å². The quantitative estimate of drug-likeness (QED) is 0.795. The molecular weight excluding hydrogens is 238 g/mol. The van der Waals surface area contributed by atoms with Crippen molar-refractivity contribution in [3.8, 4) is 0 Å². The number of β-amino-alcohol motifs (C(OH)–C–C–N with tert-alkyl or cyclic N) is 1. The maximum atomic E-state index is 10.1. The minimum atomic E-state index is -0.255. The molecule has 2 saturated heterocycles. The van der Waals surface area contributed by atoms with Crippen LogP contribution in [0, 0.1) is 0 Å². The molecule has 2 rings (SSSR count). The molecule has 0 saturated carbocycles. The lowest BCUT2D eigenvalue weighted by Crippen LogP contribution is -2.56. The van der Waals surface area contributed by atoms with Gasteiger partial charge in [0.15, 0.2) is 0 Å². The summed E-state index contributed by atoms with van der Waals surface area (Å²) in [6.07, 6.45) is 3.83. The largest absolute Gasteiger partial charge is 0.390 e. The highest BCUT2D eigenvalue weighted by molar-refractivity contribution is 4.86. The highest BCUT2D eigenvalue weighted by Crippen LogP contribution is 2.21. The van der Waals surface area contributed by atoms with Crippen molar-refractivity contribution in [3.63, 3.8) is 0 Å². The predicted molar refractivity (Wildman–Crippen MR) is 79.4 cm³/mol. The third-order valence-corrected chi connectivity index (χ3v) is 4.26. The van der Waals surface area contributed by atoms with Crippen molar-refractivity contribution >= 4 is 0 Å². The molecule has 0 aliphatic carbocycles. The fraction of sp³-hybridized carbons (Fsp3) is 1.00. The Hall–Kier alpha value is -0.160. The molecule has 0 spiro atoms. The summed E-state index contributed by atoms with van der Waals surface area (Å²) in [5, 5.41) is 13.5. The Kier molecular flexibility index (Phi) is 5.23. The number of nitrogens with one attached hydrogen (secondary N) is 1. The molecule has 2 heterocycles. The van der Waals surface area contributed by atoms with Crippen LogP contribution in [0.1, 0.15) is 40.0 Å². The average Bonchev–Trinajstić information content (AvgIpc) is 2.35. The molecule has 2 unspecified atom stereocenters. The third kappa shape index (κ3) is 5.03. The number of aliphatic hydroxyl groups excluding tert-OH is 1. The summed E-state index contributed by atoms with van der Waals surface area (Å²) in [6.45, 7) is 12.6. The molecular formula is C15H31N3O. The summed E-state index contributed by atoms with van der Waals surface area (Å²) in [4.78, 5) is 5.08. The Bertz CT molecular complexity index is 277. The summed E-state index contributed by atoms with van der Waals surface area (Å²) < 4.78 is 0. The van der Waals surface area contributed by atoms with Gasteiger partial charge in [-0.3, -0.25) is 9.80 Å². The zero-order chi connectivity index (χ0) is 13.9. The normalized spacial score (nSPS) is 28.1. The number of fused-ring (bicyclic) bond motifs is 1. The second-order valence-electron chi connectivity index (χ2n) is 7.23. The molecule has 0 aromatic heterocycles. The lowest BCUT2D eigenvalue weighted by Gasteiger charge is -2.44. The van der Waals surface area contributed by atoms with Gasteiger partial charge in [0.1, 0.15) is 0 Å². The zero-order valence-corrected chi connectivity index (χ0v) is 12.9. The van der Waals surface area contributed by atoms with E-state index in [0.717, 1.165) is 25.7 Å². The molecule has 2 N–H and O–H groups in total. The Morgan fingerprint density at radius 1 is 1.21 bits per heavy atom. The second-order valence-corrected chi connectivity index (χ2v) is 7.23. The smallest absolute Gasteiger partial charge is 0.0791 e. The number of aliphatic hydroxyl groups is 1. The second kappa shape index (κ2) is 6.53. The van der Waals surface area contributed by atoms with Crippen LogP contribution in [0.3, 0.4) is 0 Å². The van der Waals surface area contributed by atoms with Crippen molar-refractivity contribution < 1.29 is 5.11 Å². The van der Waals surface area contributed by atoms with Crippen molar-refractivity contribution in [2.24, 2.45) is 0 Å². The highest BCUT2D eigenvalue weighted by atomic mass is 16.3. The molecule has 4 nitrogen and oxygen atoms in total. The zero-order valence-electron chi connectivity index (χ0n) is 12.9. The molecule has 0 amide bonds. The number of rotatable bonds is 4. The van der Waals surface area contributed by atoms with Crippen molar-refractivity contribution in [1.29, 1.82) is 0 Å². The molecule has 2 aliphatic heterocycles. The Morgan fingerprint density at radius 3 is 2.74 bits per heavy atom. The van der Waals surface area contributed by atoms with Gasteiger partial charge in [-0.15, -0.1) is 0 Å². The summed E-state index contributed by atoms with van der Waals surface area (Å²) in [5.74, 6) is 0. The molecule has 2 atom stereocenters. The molecule has 19 heavy (non-hydrogen) atoms. The molecule has 0 aromatic rings. The van der Waals surface area contributed by atoms with Crippen LogP contribution in [0.4, 0.5) is 0 Å². The van der Waals surface area contributed by atoms with Crippen molar-refractivity contribution in [1.82, 2.24) is 15.1 Å². The average molecular weight is 269 g/mol. The van der Waals surface area contributed by atoms with Crippen LogP contribution in [-0.2, 0) is 0 Å². The first kappa shape index (κ1) is 15.2. The van der Waals surface area contributed by atoms with Gasteiger partial charge in [0, 0.05) is 44.3 Å². The number of piperidine rings is 1. The first-order valence-corrected chi connectivity index (χ1v) is 7.83. The molecule has 4 heteroatoms. The SMILES string of the molecule is CC(C)(C)NCC(O)CN1CCN2CCCCC2C1. The molecule has 2 aliphatic rings. The van der Waals surface area contributed by atoms with E-state index in [1.54, 1.807) is 0 Å². The monoisotopic (exact) mass is 269 g/mol. The lowest BCUT2D eigenvalue weighted by atomic mass is 9.99. The summed E-state index contributed by atoms with van der Waals surface area (Å²) >= 11 is 0. The molecule has 0 aromatic carbocycles. The predicted octanol–water partition coefficient (Wildman–Crippen LogP) is 0.906. The van der Waals surface area contributed by atoms with Crippen LogP contribution >= 0.6 is 0 Å². The van der Waals surface area contributed by atoms with E-state index in [0.29, 0.717) is 6.54 Å². The van der Waals surface area contributed by atoms with E-state index in [-0.39, 0.29) is 11.6 Å². The number of hydrogen-bond acceptors (Lipinski definition) is 4. The lowest BCUT2D eigenvalue weighted by molar-refractivity contribution is 0.0228. The summed E-state index contributed by atoms with van der Waals surface area (Å²) in [5.41, 5.74) is 0.0864. The Balaban J connectivity index is 1.71. The van der Waals surface area contributed by atoms with Crippen LogP contribution in [0.15, 0.2) is 0 Å². The third-order valence-electron chi connectivity index (χ3n) is 4.26. The van der Waals surface area contributed by atoms with E-state index in [1.807, 2.05) is 0 Å². The minimum absolute atomic E-state index is 0.0864. The van der Waals surface area contributed by atoms with Gasteiger partial charge in [-0.25, -0.2) is 0 Å². The standard InChI is InChI=1S/C15H31N3O/c1-15(2,3)16-10-14(19)12-17-8-9-18-7-5-4-6-13(18)11-17/h13-14,16,19H,4-12H2,1-3H3. The van der Waals surface area contributed by atoms with Gasteiger partial charge in [-0.05, 0) is 40.2 Å². The number of hydrogen-bond donors (Lipinski definition) is 2. The van der Waals surface area contributed by atoms with Gasteiger partial charge in [-0.1, -0.05) is 6.42 Å². The van der Waals surface area contributed by atoms with Gasteiger partial charge < -0.3 is 10.4 Å². The van der Waals surface area contributed by atoms with Gasteiger partial charge in [0.2, 0.25) is 0 Å². The topological polar surface area (TPSA) is 38.7 Å². The molecule has 0 radical (unpaired) electrons. The van der Waals surface area contributed by atoms with Crippen LogP contribution in [-0.4, -0.2) is 71.9 Å². The first-order valence-electron chi connectivity index (χ1n) is 7.83.